The van der Waals surface area contributed by atoms with Gasteiger partial charge in [-0.3, -0.25) is 9.59 Å². The number of benzene rings is 3. The highest BCUT2D eigenvalue weighted by atomic mass is 35.5. The van der Waals surface area contributed by atoms with E-state index < -0.39 is 11.9 Å². The molecular weight excluding hydrogens is 512 g/mol. The van der Waals surface area contributed by atoms with Crippen molar-refractivity contribution in [3.8, 4) is 5.75 Å². The first kappa shape index (κ1) is 24.8. The first-order chi connectivity index (χ1) is 17.9. The van der Waals surface area contributed by atoms with Crippen molar-refractivity contribution in [1.29, 1.82) is 0 Å². The van der Waals surface area contributed by atoms with E-state index in [0.717, 1.165) is 15.8 Å². The molecule has 9 heteroatoms. The lowest BCUT2D eigenvalue weighted by Gasteiger charge is -2.32. The molecule has 1 aliphatic heterocycles. The summed E-state index contributed by atoms with van der Waals surface area (Å²) in [6, 6.07) is 21.0. The van der Waals surface area contributed by atoms with Gasteiger partial charge < -0.3 is 20.1 Å². The van der Waals surface area contributed by atoms with Crippen molar-refractivity contribution in [2.24, 2.45) is 0 Å². The summed E-state index contributed by atoms with van der Waals surface area (Å²) in [7, 11) is 0. The number of thiophene rings is 1. The molecule has 37 heavy (non-hydrogen) atoms. The fraction of sp³-hybridized carbons (Fsp3) is 0.179. The molecule has 0 unspecified atom stereocenters. The van der Waals surface area contributed by atoms with Gasteiger partial charge in [-0.05, 0) is 53.9 Å². The van der Waals surface area contributed by atoms with Crippen LogP contribution in [0.3, 0.4) is 0 Å². The molecule has 0 bridgehead atoms. The maximum absolute atomic E-state index is 13.1. The molecule has 3 aromatic carbocycles. The van der Waals surface area contributed by atoms with Gasteiger partial charge in [0.25, 0.3) is 11.8 Å². The predicted octanol–water partition coefficient (Wildman–Crippen LogP) is 6.19. The molecule has 1 fully saturated rings. The summed E-state index contributed by atoms with van der Waals surface area (Å²) < 4.78 is 6.85. The number of hydrogen-bond acceptors (Lipinski definition) is 5. The second kappa shape index (κ2) is 10.6. The number of piperidine rings is 1. The van der Waals surface area contributed by atoms with E-state index in [0.29, 0.717) is 35.8 Å². The number of carbonyl (C=O) groups is 3. The number of halogens is 1. The van der Waals surface area contributed by atoms with Crippen molar-refractivity contribution >= 4 is 56.5 Å². The molecule has 0 aliphatic carbocycles. The van der Waals surface area contributed by atoms with Gasteiger partial charge in [0.05, 0.1) is 16.1 Å². The zero-order chi connectivity index (χ0) is 25.9. The van der Waals surface area contributed by atoms with Crippen molar-refractivity contribution in [3.63, 3.8) is 0 Å². The Balaban J connectivity index is 1.27. The van der Waals surface area contributed by atoms with Gasteiger partial charge >= 0.3 is 5.97 Å². The number of para-hydroxylation sites is 1. The van der Waals surface area contributed by atoms with Crippen LogP contribution in [0.15, 0.2) is 72.8 Å². The second-order valence-electron chi connectivity index (χ2n) is 8.73. The Bertz CT molecular complexity index is 1480. The number of likely N-dealkylation sites (tertiary alicyclic amines) is 1. The molecule has 188 valence electrons. The Morgan fingerprint density at radius 3 is 2.46 bits per heavy atom. The number of anilines is 1. The van der Waals surface area contributed by atoms with Crippen LogP contribution < -0.4 is 10.1 Å². The van der Waals surface area contributed by atoms with Crippen molar-refractivity contribution in [3.05, 3.63) is 93.8 Å². The molecule has 1 aromatic heterocycles. The van der Waals surface area contributed by atoms with E-state index in [9.17, 15) is 19.5 Å². The smallest absolute Gasteiger partial charge is 0.337 e. The van der Waals surface area contributed by atoms with E-state index in [4.69, 9.17) is 16.3 Å². The average Bonchev–Trinajstić information content (AvgIpc) is 3.33. The largest absolute Gasteiger partial charge is 0.490 e. The van der Waals surface area contributed by atoms with Gasteiger partial charge in [-0.2, -0.15) is 0 Å². The number of carboxylic acid groups (broad SMARTS) is 1. The average molecular weight is 535 g/mol. The van der Waals surface area contributed by atoms with Gasteiger partial charge in [0.1, 0.15) is 11.9 Å². The number of nitrogens with one attached hydrogen (secondary N) is 1. The van der Waals surface area contributed by atoms with Crippen molar-refractivity contribution in [1.82, 2.24) is 4.90 Å². The van der Waals surface area contributed by atoms with Crippen LogP contribution in [0.4, 0.5) is 5.69 Å². The monoisotopic (exact) mass is 534 g/mol. The highest BCUT2D eigenvalue weighted by molar-refractivity contribution is 7.21. The summed E-state index contributed by atoms with van der Waals surface area (Å²) in [4.78, 5) is 40.1. The predicted molar refractivity (Wildman–Crippen MR) is 144 cm³/mol. The summed E-state index contributed by atoms with van der Waals surface area (Å²) in [5.41, 5.74) is 0.236. The van der Waals surface area contributed by atoms with Crippen LogP contribution in [0.1, 0.15) is 43.2 Å². The SMILES string of the molecule is O=C(Nc1ccc(C(=O)N2CCC(Oc3ccccc3)CC2)cc1C(=O)O)c1cc2ccc(Cl)cc2s1. The summed E-state index contributed by atoms with van der Waals surface area (Å²) in [6.07, 6.45) is 1.38. The van der Waals surface area contributed by atoms with Gasteiger partial charge in [0, 0.05) is 41.2 Å². The minimum Gasteiger partial charge on any atom is -0.490 e. The van der Waals surface area contributed by atoms with Crippen LogP contribution in [0.5, 0.6) is 5.75 Å². The summed E-state index contributed by atoms with van der Waals surface area (Å²) in [5, 5.41) is 13.9. The molecule has 1 aliphatic rings. The third kappa shape index (κ3) is 5.60. The fourth-order valence-corrected chi connectivity index (χ4v) is 5.55. The van der Waals surface area contributed by atoms with Crippen molar-refractivity contribution in [2.45, 2.75) is 18.9 Å². The van der Waals surface area contributed by atoms with E-state index in [-0.39, 0.29) is 28.8 Å². The third-order valence-electron chi connectivity index (χ3n) is 6.23. The molecule has 2 N–H and O–H groups in total. The first-order valence-corrected chi connectivity index (χ1v) is 13.0. The van der Waals surface area contributed by atoms with Crippen LogP contribution in [-0.4, -0.2) is 47.0 Å². The van der Waals surface area contributed by atoms with Crippen LogP contribution >= 0.6 is 22.9 Å². The molecule has 7 nitrogen and oxygen atoms in total. The highest BCUT2D eigenvalue weighted by Gasteiger charge is 2.26. The second-order valence-corrected chi connectivity index (χ2v) is 10.3. The number of amides is 2. The van der Waals surface area contributed by atoms with Gasteiger partial charge in [-0.1, -0.05) is 35.9 Å². The first-order valence-electron chi connectivity index (χ1n) is 11.8. The lowest BCUT2D eigenvalue weighted by atomic mass is 10.0. The van der Waals surface area contributed by atoms with Gasteiger partial charge in [0.15, 0.2) is 0 Å². The standard InChI is InChI=1S/C28H23ClN2O5S/c29-19-8-6-17-15-25(37-24(17)16-19)26(32)30-23-9-7-18(14-22(23)28(34)35)27(33)31-12-10-21(11-13-31)36-20-4-2-1-3-5-20/h1-9,14-16,21H,10-13H2,(H,30,32)(H,34,35). The highest BCUT2D eigenvalue weighted by Crippen LogP contribution is 2.29. The lowest BCUT2D eigenvalue weighted by molar-refractivity contribution is 0.0595. The Morgan fingerprint density at radius 1 is 0.973 bits per heavy atom. The van der Waals surface area contributed by atoms with Crippen LogP contribution in [-0.2, 0) is 0 Å². The molecule has 1 saturated heterocycles. The molecule has 0 saturated carbocycles. The number of carbonyl (C=O) groups excluding carboxylic acids is 2. The topological polar surface area (TPSA) is 95.9 Å². The maximum Gasteiger partial charge on any atom is 0.337 e. The normalized spacial score (nSPS) is 13.9. The minimum absolute atomic E-state index is 0.0172. The molecule has 2 amide bonds. The maximum atomic E-state index is 13.1. The van der Waals surface area contributed by atoms with Gasteiger partial charge in [0.2, 0.25) is 0 Å². The van der Waals surface area contributed by atoms with Crippen molar-refractivity contribution < 1.29 is 24.2 Å². The van der Waals surface area contributed by atoms with E-state index in [1.165, 1.54) is 23.5 Å². The number of fused-ring (bicyclic) bond motifs is 1. The minimum atomic E-state index is -1.23. The van der Waals surface area contributed by atoms with Crippen molar-refractivity contribution in [2.75, 3.05) is 18.4 Å². The summed E-state index contributed by atoms with van der Waals surface area (Å²) >= 11 is 7.30. The number of carboxylic acids is 1. The molecule has 2 heterocycles. The summed E-state index contributed by atoms with van der Waals surface area (Å²) in [6.45, 7) is 1.01. The fourth-order valence-electron chi connectivity index (χ4n) is 4.31. The zero-order valence-electron chi connectivity index (χ0n) is 19.6. The lowest BCUT2D eigenvalue weighted by Crippen LogP contribution is -2.41. The number of rotatable bonds is 6. The van der Waals surface area contributed by atoms with E-state index in [1.54, 1.807) is 29.2 Å². The Labute approximate surface area is 222 Å². The van der Waals surface area contributed by atoms with Crippen LogP contribution in [0.25, 0.3) is 10.1 Å². The van der Waals surface area contributed by atoms with E-state index >= 15 is 0 Å². The van der Waals surface area contributed by atoms with Gasteiger partial charge in [-0.15, -0.1) is 11.3 Å². The number of aromatic carboxylic acids is 1. The van der Waals surface area contributed by atoms with E-state index in [2.05, 4.69) is 5.32 Å². The molecule has 0 radical (unpaired) electrons. The molecule has 4 aromatic rings. The quantitative estimate of drug-likeness (QED) is 0.307. The Hall–Kier alpha value is -3.88. The van der Waals surface area contributed by atoms with Crippen LogP contribution in [0.2, 0.25) is 5.02 Å². The molecule has 0 spiro atoms. The van der Waals surface area contributed by atoms with Gasteiger partial charge in [-0.25, -0.2) is 4.79 Å². The molecular formula is C28H23ClN2O5S. The molecule has 5 rings (SSSR count). The molecule has 0 atom stereocenters. The Kier molecular flexibility index (Phi) is 7.12. The zero-order valence-corrected chi connectivity index (χ0v) is 21.2. The number of nitrogens with zero attached hydrogens (tertiary/aromatic N) is 1. The number of ether oxygens (including phenoxy) is 1. The number of hydrogen-bond donors (Lipinski definition) is 2. The Morgan fingerprint density at radius 2 is 1.73 bits per heavy atom. The van der Waals surface area contributed by atoms with E-state index in [1.807, 2.05) is 36.4 Å². The third-order valence-corrected chi connectivity index (χ3v) is 7.56. The summed E-state index contributed by atoms with van der Waals surface area (Å²) in [5.74, 6) is -1.11. The van der Waals surface area contributed by atoms with Crippen LogP contribution in [0, 0.1) is 0 Å².